The summed E-state index contributed by atoms with van der Waals surface area (Å²) in [6, 6.07) is 14.2. The summed E-state index contributed by atoms with van der Waals surface area (Å²) in [5.74, 6) is -1.41. The van der Waals surface area contributed by atoms with Crippen LogP contribution in [0.2, 0.25) is 0 Å². The summed E-state index contributed by atoms with van der Waals surface area (Å²) in [5, 5.41) is 22.3. The standard InChI is InChI=1S/C25H17ClO5/c26-14-9-10-15-17(11-14)24(29)20-21(22(15)27)25(30)19-16(23(20)28)7-4-8-18(19)31-12-13-5-2-1-3-6-13/h1-9,27,29H,10-12H2. The molecular formula is C25H17ClO5. The second kappa shape index (κ2) is 7.29. The molecule has 0 heterocycles. The van der Waals surface area contributed by atoms with Crippen LogP contribution in [-0.4, -0.2) is 21.8 Å². The first-order valence-electron chi connectivity index (χ1n) is 9.80. The number of fused-ring (bicyclic) bond motifs is 3. The third kappa shape index (κ3) is 3.01. The number of ketones is 2. The Hall–Kier alpha value is -3.57. The van der Waals surface area contributed by atoms with E-state index in [1.807, 2.05) is 30.3 Å². The number of halogens is 1. The lowest BCUT2D eigenvalue weighted by atomic mass is 9.78. The van der Waals surface area contributed by atoms with E-state index in [-0.39, 0.29) is 59.0 Å². The van der Waals surface area contributed by atoms with Crippen LogP contribution >= 0.6 is 11.6 Å². The Morgan fingerprint density at radius 1 is 0.839 bits per heavy atom. The topological polar surface area (TPSA) is 83.8 Å². The van der Waals surface area contributed by atoms with Crippen LogP contribution in [0.15, 0.2) is 59.6 Å². The molecule has 31 heavy (non-hydrogen) atoms. The maximum atomic E-state index is 13.5. The first-order valence-corrected chi connectivity index (χ1v) is 10.2. The molecule has 3 aromatic carbocycles. The zero-order valence-corrected chi connectivity index (χ0v) is 17.1. The number of hydrogen-bond donors (Lipinski definition) is 2. The normalized spacial score (nSPS) is 14.4. The Kier molecular flexibility index (Phi) is 4.56. The number of allylic oxidation sites excluding steroid dienone is 2. The minimum atomic E-state index is -0.551. The fourth-order valence-electron chi connectivity index (χ4n) is 4.20. The van der Waals surface area contributed by atoms with E-state index in [9.17, 15) is 19.8 Å². The van der Waals surface area contributed by atoms with Crippen molar-refractivity contribution in [3.8, 4) is 17.2 Å². The van der Waals surface area contributed by atoms with E-state index < -0.39 is 11.6 Å². The van der Waals surface area contributed by atoms with Crippen molar-refractivity contribution in [3.05, 3.63) is 98.6 Å². The van der Waals surface area contributed by atoms with Crippen LogP contribution in [0.1, 0.15) is 48.5 Å². The zero-order chi connectivity index (χ0) is 21.7. The smallest absolute Gasteiger partial charge is 0.202 e. The minimum Gasteiger partial charge on any atom is -0.507 e. The second-order valence-corrected chi connectivity index (χ2v) is 8.03. The van der Waals surface area contributed by atoms with Gasteiger partial charge in [0.1, 0.15) is 23.9 Å². The molecule has 2 N–H and O–H groups in total. The van der Waals surface area contributed by atoms with Gasteiger partial charge in [-0.25, -0.2) is 0 Å². The molecule has 0 bridgehead atoms. The Morgan fingerprint density at radius 2 is 1.55 bits per heavy atom. The van der Waals surface area contributed by atoms with E-state index in [4.69, 9.17) is 16.3 Å². The highest BCUT2D eigenvalue weighted by molar-refractivity contribution is 6.32. The largest absolute Gasteiger partial charge is 0.507 e. The first-order chi connectivity index (χ1) is 15.0. The molecule has 5 rings (SSSR count). The van der Waals surface area contributed by atoms with Crippen LogP contribution in [0.4, 0.5) is 0 Å². The number of aromatic hydroxyl groups is 2. The molecule has 6 heteroatoms. The average Bonchev–Trinajstić information content (AvgIpc) is 2.78. The highest BCUT2D eigenvalue weighted by Crippen LogP contribution is 2.46. The fourth-order valence-corrected chi connectivity index (χ4v) is 4.41. The summed E-state index contributed by atoms with van der Waals surface area (Å²) >= 11 is 6.10. The SMILES string of the molecule is O=C1c2cccc(OCc3ccccc3)c2C(=O)c2c(O)c3c(c(O)c21)CC(Cl)=CC3. The van der Waals surface area contributed by atoms with Gasteiger partial charge < -0.3 is 14.9 Å². The molecular weight excluding hydrogens is 416 g/mol. The second-order valence-electron chi connectivity index (χ2n) is 7.55. The molecule has 0 aromatic heterocycles. The predicted octanol–water partition coefficient (Wildman–Crippen LogP) is 4.67. The Morgan fingerprint density at radius 3 is 2.32 bits per heavy atom. The van der Waals surface area contributed by atoms with Crippen LogP contribution in [0.3, 0.4) is 0 Å². The average molecular weight is 433 g/mol. The van der Waals surface area contributed by atoms with Gasteiger partial charge in [0.05, 0.1) is 16.7 Å². The molecule has 0 spiro atoms. The van der Waals surface area contributed by atoms with Gasteiger partial charge in [0, 0.05) is 28.1 Å². The highest BCUT2D eigenvalue weighted by Gasteiger charge is 2.39. The number of ether oxygens (including phenoxy) is 1. The third-order valence-corrected chi connectivity index (χ3v) is 6.01. The van der Waals surface area contributed by atoms with Crippen LogP contribution in [0.25, 0.3) is 0 Å². The predicted molar refractivity (Wildman–Crippen MR) is 115 cm³/mol. The van der Waals surface area contributed by atoms with Crippen molar-refractivity contribution < 1.29 is 24.5 Å². The lowest BCUT2D eigenvalue weighted by Gasteiger charge is -2.26. The Bertz CT molecular complexity index is 1290. The summed E-state index contributed by atoms with van der Waals surface area (Å²) < 4.78 is 5.88. The van der Waals surface area contributed by atoms with Gasteiger partial charge in [0.15, 0.2) is 5.78 Å². The van der Waals surface area contributed by atoms with Crippen LogP contribution < -0.4 is 4.74 Å². The highest BCUT2D eigenvalue weighted by atomic mass is 35.5. The maximum absolute atomic E-state index is 13.5. The molecule has 154 valence electrons. The molecule has 0 saturated heterocycles. The van der Waals surface area contributed by atoms with Gasteiger partial charge in [-0.2, -0.15) is 0 Å². The minimum absolute atomic E-state index is 0.0926. The summed E-state index contributed by atoms with van der Waals surface area (Å²) in [6.45, 7) is 0.219. The van der Waals surface area contributed by atoms with Gasteiger partial charge in [-0.15, -0.1) is 0 Å². The van der Waals surface area contributed by atoms with Crippen molar-refractivity contribution in [2.24, 2.45) is 0 Å². The van der Waals surface area contributed by atoms with Crippen molar-refractivity contribution >= 4 is 23.2 Å². The van der Waals surface area contributed by atoms with Crippen molar-refractivity contribution in [1.82, 2.24) is 0 Å². The van der Waals surface area contributed by atoms with E-state index in [1.54, 1.807) is 18.2 Å². The van der Waals surface area contributed by atoms with Crippen LogP contribution in [0.5, 0.6) is 17.2 Å². The Labute approximate surface area is 183 Å². The van der Waals surface area contributed by atoms with Gasteiger partial charge in [0.25, 0.3) is 0 Å². The van der Waals surface area contributed by atoms with Crippen molar-refractivity contribution in [2.45, 2.75) is 19.4 Å². The zero-order valence-electron chi connectivity index (χ0n) is 16.3. The lowest BCUT2D eigenvalue weighted by molar-refractivity contribution is 0.0970. The summed E-state index contributed by atoms with van der Waals surface area (Å²) in [5.41, 5.74) is 1.56. The third-order valence-electron chi connectivity index (χ3n) is 5.72. The lowest BCUT2D eigenvalue weighted by Crippen LogP contribution is -2.24. The summed E-state index contributed by atoms with van der Waals surface area (Å²) in [7, 11) is 0. The van der Waals surface area contributed by atoms with E-state index in [0.717, 1.165) is 5.56 Å². The van der Waals surface area contributed by atoms with Crippen molar-refractivity contribution in [2.75, 3.05) is 0 Å². The first kappa shape index (κ1) is 19.4. The molecule has 3 aromatic rings. The maximum Gasteiger partial charge on any atom is 0.202 e. The molecule has 0 radical (unpaired) electrons. The van der Waals surface area contributed by atoms with Gasteiger partial charge >= 0.3 is 0 Å². The molecule has 2 aliphatic rings. The molecule has 0 amide bonds. The molecule has 0 saturated carbocycles. The van der Waals surface area contributed by atoms with E-state index >= 15 is 0 Å². The number of rotatable bonds is 3. The van der Waals surface area contributed by atoms with Crippen molar-refractivity contribution in [1.29, 1.82) is 0 Å². The summed E-state index contributed by atoms with van der Waals surface area (Å²) in [6.07, 6.45) is 2.17. The summed E-state index contributed by atoms with van der Waals surface area (Å²) in [4.78, 5) is 26.8. The molecule has 0 unspecified atom stereocenters. The van der Waals surface area contributed by atoms with Gasteiger partial charge in [-0.05, 0) is 18.1 Å². The number of hydrogen-bond acceptors (Lipinski definition) is 5. The van der Waals surface area contributed by atoms with E-state index in [2.05, 4.69) is 0 Å². The monoisotopic (exact) mass is 432 g/mol. The van der Waals surface area contributed by atoms with Gasteiger partial charge in [0.2, 0.25) is 5.78 Å². The Balaban J connectivity index is 1.63. The molecule has 2 aliphatic carbocycles. The number of carbonyl (C=O) groups excluding carboxylic acids is 2. The molecule has 5 nitrogen and oxygen atoms in total. The van der Waals surface area contributed by atoms with Gasteiger partial charge in [-0.1, -0.05) is 60.1 Å². The number of phenols is 2. The number of carbonyl (C=O) groups is 2. The fraction of sp³-hybridized carbons (Fsp3) is 0.120. The quantitative estimate of drug-likeness (QED) is 0.459. The van der Waals surface area contributed by atoms with E-state index in [0.29, 0.717) is 16.2 Å². The number of phenolic OH excluding ortho intramolecular Hbond substituents is 2. The van der Waals surface area contributed by atoms with Crippen molar-refractivity contribution in [3.63, 3.8) is 0 Å². The molecule has 0 aliphatic heterocycles. The van der Waals surface area contributed by atoms with Crippen LogP contribution in [0, 0.1) is 0 Å². The number of benzene rings is 3. The molecule has 0 atom stereocenters. The van der Waals surface area contributed by atoms with Crippen LogP contribution in [-0.2, 0) is 19.4 Å². The van der Waals surface area contributed by atoms with Gasteiger partial charge in [-0.3, -0.25) is 9.59 Å². The molecule has 0 fully saturated rings. The van der Waals surface area contributed by atoms with E-state index in [1.165, 1.54) is 6.07 Å².